The van der Waals surface area contributed by atoms with Crippen LogP contribution >= 0.6 is 0 Å². The van der Waals surface area contributed by atoms with E-state index in [4.69, 9.17) is 8.83 Å². The Bertz CT molecular complexity index is 1100. The number of furan rings is 2. The number of amides is 2. The first kappa shape index (κ1) is 19.6. The van der Waals surface area contributed by atoms with Gasteiger partial charge in [-0.1, -0.05) is 18.2 Å². The van der Waals surface area contributed by atoms with Crippen LogP contribution in [-0.4, -0.2) is 48.7 Å². The number of quaternary nitrogens is 1. The normalized spacial score (nSPS) is 19.5. The van der Waals surface area contributed by atoms with Gasteiger partial charge in [0.05, 0.1) is 13.3 Å². The molecule has 1 aromatic carbocycles. The fraction of sp³-hybridized carbons (Fsp3) is 0.348. The zero-order valence-corrected chi connectivity index (χ0v) is 17.3. The van der Waals surface area contributed by atoms with Gasteiger partial charge in [-0.3, -0.25) is 9.59 Å². The minimum Gasteiger partial charge on any atom is -0.467 e. The molecule has 8 heteroatoms. The summed E-state index contributed by atoms with van der Waals surface area (Å²) in [6.07, 6.45) is 4.18. The molecule has 1 fully saturated rings. The molecule has 3 heterocycles. The molecular weight excluding hydrogens is 396 g/mol. The van der Waals surface area contributed by atoms with Gasteiger partial charge < -0.3 is 19.1 Å². The third kappa shape index (κ3) is 4.25. The number of para-hydroxylation sites is 1. The second kappa shape index (κ2) is 8.03. The predicted molar refractivity (Wildman–Crippen MR) is 113 cm³/mol. The summed E-state index contributed by atoms with van der Waals surface area (Å²) >= 11 is 0. The van der Waals surface area contributed by atoms with Gasteiger partial charge in [0.15, 0.2) is 18.8 Å². The summed E-state index contributed by atoms with van der Waals surface area (Å²) in [5, 5.41) is 10.0. The van der Waals surface area contributed by atoms with Crippen LogP contribution in [0.5, 0.6) is 0 Å². The van der Waals surface area contributed by atoms with Crippen LogP contribution < -0.4 is 10.2 Å². The molecule has 160 valence electrons. The van der Waals surface area contributed by atoms with Crippen molar-refractivity contribution in [2.75, 3.05) is 20.1 Å². The van der Waals surface area contributed by atoms with Crippen molar-refractivity contribution < 1.29 is 23.3 Å². The Balaban J connectivity index is 1.34. The molecule has 1 aliphatic carbocycles. The number of carbonyl (C=O) groups excluding carboxylic acids is 2. The molecule has 31 heavy (non-hydrogen) atoms. The van der Waals surface area contributed by atoms with Crippen molar-refractivity contribution in [3.8, 4) is 0 Å². The molecular formula is C23H25N4O4+. The van der Waals surface area contributed by atoms with E-state index in [2.05, 4.69) is 10.4 Å². The van der Waals surface area contributed by atoms with E-state index in [1.165, 1.54) is 5.01 Å². The molecule has 1 saturated carbocycles. The summed E-state index contributed by atoms with van der Waals surface area (Å²) in [6.45, 7) is 0.411. The van der Waals surface area contributed by atoms with Gasteiger partial charge in [-0.05, 0) is 37.1 Å². The van der Waals surface area contributed by atoms with Crippen LogP contribution in [0.4, 0.5) is 0 Å². The van der Waals surface area contributed by atoms with Gasteiger partial charge in [-0.15, -0.1) is 0 Å². The van der Waals surface area contributed by atoms with Crippen LogP contribution in [0.15, 0.2) is 62.7 Å². The maximum absolute atomic E-state index is 13.1. The maximum atomic E-state index is 13.1. The lowest BCUT2D eigenvalue weighted by atomic mass is 10.1. The van der Waals surface area contributed by atoms with Crippen LogP contribution in [0.1, 0.15) is 36.8 Å². The van der Waals surface area contributed by atoms with Crippen LogP contribution in [0.3, 0.4) is 0 Å². The van der Waals surface area contributed by atoms with Crippen molar-refractivity contribution in [3.63, 3.8) is 0 Å². The highest BCUT2D eigenvalue weighted by molar-refractivity contribution is 6.03. The number of rotatable bonds is 7. The Morgan fingerprint density at radius 2 is 2.03 bits per heavy atom. The van der Waals surface area contributed by atoms with Gasteiger partial charge in [0, 0.05) is 17.8 Å². The molecule has 2 aromatic heterocycles. The predicted octanol–water partition coefficient (Wildman–Crippen LogP) is 1.50. The number of carbonyl (C=O) groups is 2. The molecule has 5 rings (SSSR count). The van der Waals surface area contributed by atoms with Crippen LogP contribution in [-0.2, 0) is 9.59 Å². The first-order valence-corrected chi connectivity index (χ1v) is 10.6. The van der Waals surface area contributed by atoms with Gasteiger partial charge in [-0.25, -0.2) is 5.01 Å². The van der Waals surface area contributed by atoms with Crippen molar-refractivity contribution in [2.24, 2.45) is 5.10 Å². The van der Waals surface area contributed by atoms with E-state index >= 15 is 0 Å². The Kier molecular flexibility index (Phi) is 5.07. The second-order valence-corrected chi connectivity index (χ2v) is 8.32. The Labute approximate surface area is 179 Å². The van der Waals surface area contributed by atoms with Crippen molar-refractivity contribution in [1.82, 2.24) is 10.3 Å². The van der Waals surface area contributed by atoms with E-state index in [9.17, 15) is 9.59 Å². The highest BCUT2D eigenvalue weighted by atomic mass is 16.3. The number of hydrazone groups is 1. The molecule has 2 atom stereocenters. The molecule has 8 nitrogen and oxygen atoms in total. The average Bonchev–Trinajstić information content (AvgIpc) is 3.18. The zero-order chi connectivity index (χ0) is 21.4. The number of likely N-dealkylation sites (N-methyl/N-ethyl adjacent to an activating group) is 1. The van der Waals surface area contributed by atoms with Crippen LogP contribution in [0.25, 0.3) is 11.0 Å². The van der Waals surface area contributed by atoms with E-state index in [1.54, 1.807) is 12.3 Å². The SMILES string of the molecule is C[NH+](CC(=O)NC1CC1)CC(=O)N1N=C(c2cc3ccccc3o2)C[C@H]1c1ccco1. The standard InChI is InChI=1S/C23H24N4O4/c1-26(13-22(28)24-16-8-9-16)14-23(29)27-18(20-7-4-10-30-20)12-17(25-27)21-11-15-5-2-3-6-19(15)31-21/h2-7,10-11,16,18H,8-9,12-14H2,1H3,(H,24,28)/p+1/t18-/m0/s1. The molecule has 2 aliphatic rings. The second-order valence-electron chi connectivity index (χ2n) is 8.32. The molecule has 0 saturated heterocycles. The molecule has 1 unspecified atom stereocenters. The number of hydrogen-bond acceptors (Lipinski definition) is 5. The summed E-state index contributed by atoms with van der Waals surface area (Å²) in [6, 6.07) is 13.3. The largest absolute Gasteiger partial charge is 0.467 e. The monoisotopic (exact) mass is 421 g/mol. The highest BCUT2D eigenvalue weighted by Crippen LogP contribution is 2.34. The van der Waals surface area contributed by atoms with E-state index in [1.807, 2.05) is 43.4 Å². The summed E-state index contributed by atoms with van der Waals surface area (Å²) in [5.74, 6) is 1.14. The first-order chi connectivity index (χ1) is 15.1. The third-order valence-corrected chi connectivity index (χ3v) is 5.61. The Hall–Kier alpha value is -3.39. The molecule has 0 radical (unpaired) electrons. The molecule has 2 amide bonds. The smallest absolute Gasteiger partial charge is 0.298 e. The van der Waals surface area contributed by atoms with Gasteiger partial charge >= 0.3 is 0 Å². The van der Waals surface area contributed by atoms with Crippen LogP contribution in [0.2, 0.25) is 0 Å². The fourth-order valence-corrected chi connectivity index (χ4v) is 3.90. The number of hydrogen-bond donors (Lipinski definition) is 2. The number of nitrogens with zero attached hydrogens (tertiary/aromatic N) is 2. The first-order valence-electron chi connectivity index (χ1n) is 10.6. The highest BCUT2D eigenvalue weighted by Gasteiger charge is 2.37. The molecule has 0 spiro atoms. The third-order valence-electron chi connectivity index (χ3n) is 5.61. The van der Waals surface area contributed by atoms with E-state index in [0.29, 0.717) is 29.7 Å². The number of nitrogens with one attached hydrogen (secondary N) is 2. The zero-order valence-electron chi connectivity index (χ0n) is 17.3. The van der Waals surface area contributed by atoms with Gasteiger partial charge in [-0.2, -0.15) is 5.10 Å². The topological polar surface area (TPSA) is 92.5 Å². The average molecular weight is 421 g/mol. The molecule has 0 bridgehead atoms. The van der Waals surface area contributed by atoms with E-state index in [0.717, 1.165) is 28.7 Å². The van der Waals surface area contributed by atoms with Crippen molar-refractivity contribution in [2.45, 2.75) is 31.3 Å². The van der Waals surface area contributed by atoms with Gasteiger partial charge in [0.2, 0.25) is 0 Å². The van der Waals surface area contributed by atoms with Crippen molar-refractivity contribution in [3.05, 3.63) is 60.2 Å². The quantitative estimate of drug-likeness (QED) is 0.605. The van der Waals surface area contributed by atoms with Crippen molar-refractivity contribution in [1.29, 1.82) is 0 Å². The Morgan fingerprint density at radius 3 is 2.77 bits per heavy atom. The van der Waals surface area contributed by atoms with Crippen LogP contribution in [0, 0.1) is 0 Å². The molecule has 1 aliphatic heterocycles. The molecule has 3 aromatic rings. The molecule has 2 N–H and O–H groups in total. The number of fused-ring (bicyclic) bond motifs is 1. The van der Waals surface area contributed by atoms with Crippen molar-refractivity contribution >= 4 is 28.5 Å². The van der Waals surface area contributed by atoms with E-state index < -0.39 is 0 Å². The lowest BCUT2D eigenvalue weighted by Gasteiger charge is -2.21. The summed E-state index contributed by atoms with van der Waals surface area (Å²) in [7, 11) is 1.84. The van der Waals surface area contributed by atoms with E-state index in [-0.39, 0.29) is 30.9 Å². The summed E-state index contributed by atoms with van der Waals surface area (Å²) < 4.78 is 11.6. The minimum absolute atomic E-state index is 0.0247. The lowest BCUT2D eigenvalue weighted by Crippen LogP contribution is -3.11. The summed E-state index contributed by atoms with van der Waals surface area (Å²) in [5.41, 5.74) is 1.49. The Morgan fingerprint density at radius 1 is 1.19 bits per heavy atom. The fourth-order valence-electron chi connectivity index (χ4n) is 3.90. The lowest BCUT2D eigenvalue weighted by molar-refractivity contribution is -0.863. The number of benzene rings is 1. The maximum Gasteiger partial charge on any atom is 0.298 e. The minimum atomic E-state index is -0.334. The van der Waals surface area contributed by atoms with Gasteiger partial charge in [0.25, 0.3) is 11.8 Å². The summed E-state index contributed by atoms with van der Waals surface area (Å²) in [4.78, 5) is 26.0. The van der Waals surface area contributed by atoms with Gasteiger partial charge in [0.1, 0.15) is 23.1 Å².